The molecule has 0 unspecified atom stereocenters. The molecule has 1 aromatic rings. The van der Waals surface area contributed by atoms with Crippen LogP contribution in [0.4, 0.5) is 11.4 Å². The zero-order chi connectivity index (χ0) is 14.7. The average molecular weight is 275 g/mol. The van der Waals surface area contributed by atoms with Gasteiger partial charge in [-0.15, -0.1) is 0 Å². The Hall–Kier alpha value is -2.04. The number of hydrogen-bond acceptors (Lipinski definition) is 4. The number of benzene rings is 1. The molecular formula is C15H21N3O2. The first-order valence-corrected chi connectivity index (χ1v) is 6.91. The van der Waals surface area contributed by atoms with E-state index in [-0.39, 0.29) is 18.2 Å². The van der Waals surface area contributed by atoms with Gasteiger partial charge in [-0.25, -0.2) is 0 Å². The molecule has 5 heteroatoms. The third-order valence-corrected chi connectivity index (χ3v) is 3.42. The second kappa shape index (κ2) is 5.94. The van der Waals surface area contributed by atoms with Gasteiger partial charge >= 0.3 is 0 Å². The van der Waals surface area contributed by atoms with Crippen LogP contribution in [0.1, 0.15) is 19.8 Å². The Bertz CT molecular complexity index is 496. The number of rotatable bonds is 5. The molecule has 108 valence electrons. The zero-order valence-electron chi connectivity index (χ0n) is 12.2. The van der Waals surface area contributed by atoms with Crippen molar-refractivity contribution in [1.29, 1.82) is 0 Å². The summed E-state index contributed by atoms with van der Waals surface area (Å²) in [5, 5.41) is 3.15. The topological polar surface area (TPSA) is 52.7 Å². The summed E-state index contributed by atoms with van der Waals surface area (Å²) in [5.41, 5.74) is 1.96. The van der Waals surface area contributed by atoms with Crippen LogP contribution < -0.4 is 10.2 Å². The van der Waals surface area contributed by atoms with Crippen molar-refractivity contribution < 1.29 is 9.59 Å². The van der Waals surface area contributed by atoms with E-state index < -0.39 is 6.04 Å². The summed E-state index contributed by atoms with van der Waals surface area (Å²) in [6, 6.07) is 7.38. The molecule has 0 saturated carbocycles. The lowest BCUT2D eigenvalue weighted by Gasteiger charge is -2.16. The molecule has 20 heavy (non-hydrogen) atoms. The Morgan fingerprint density at radius 3 is 2.45 bits per heavy atom. The third kappa shape index (κ3) is 2.92. The molecule has 0 aliphatic carbocycles. The number of anilines is 2. The molecule has 1 aliphatic heterocycles. The molecule has 1 N–H and O–H groups in total. The monoisotopic (exact) mass is 275 g/mol. The Labute approximate surface area is 119 Å². The second-order valence-corrected chi connectivity index (χ2v) is 5.23. The molecule has 1 heterocycles. The lowest BCUT2D eigenvalue weighted by molar-refractivity contribution is -0.138. The summed E-state index contributed by atoms with van der Waals surface area (Å²) in [6.45, 7) is 2.47. The first-order chi connectivity index (χ1) is 9.52. The van der Waals surface area contributed by atoms with E-state index >= 15 is 0 Å². The van der Waals surface area contributed by atoms with Crippen LogP contribution in [0.3, 0.4) is 0 Å². The van der Waals surface area contributed by atoms with Gasteiger partial charge in [-0.05, 0) is 30.7 Å². The van der Waals surface area contributed by atoms with Crippen molar-refractivity contribution in [2.24, 2.45) is 0 Å². The Morgan fingerprint density at radius 2 is 1.90 bits per heavy atom. The zero-order valence-corrected chi connectivity index (χ0v) is 12.2. The van der Waals surface area contributed by atoms with E-state index in [1.807, 2.05) is 50.2 Å². The van der Waals surface area contributed by atoms with Gasteiger partial charge in [0.25, 0.3) is 5.91 Å². The number of carbonyl (C=O) groups excluding carboxylic acids is 2. The summed E-state index contributed by atoms with van der Waals surface area (Å²) in [7, 11) is 3.95. The highest BCUT2D eigenvalue weighted by molar-refractivity contribution is 6.06. The molecule has 1 saturated heterocycles. The Balaban J connectivity index is 2.03. The molecule has 0 aromatic heterocycles. The van der Waals surface area contributed by atoms with Crippen LogP contribution in [0.5, 0.6) is 0 Å². The molecule has 1 aromatic carbocycles. The summed E-state index contributed by atoms with van der Waals surface area (Å²) < 4.78 is 0. The minimum Gasteiger partial charge on any atom is -0.378 e. The van der Waals surface area contributed by atoms with Gasteiger partial charge in [0.1, 0.15) is 6.04 Å². The highest BCUT2D eigenvalue weighted by Crippen LogP contribution is 2.21. The fourth-order valence-electron chi connectivity index (χ4n) is 2.31. The largest absolute Gasteiger partial charge is 0.378 e. The number of carbonyl (C=O) groups is 2. The van der Waals surface area contributed by atoms with Crippen LogP contribution in [-0.2, 0) is 9.59 Å². The number of nitrogens with one attached hydrogen (secondary N) is 1. The summed E-state index contributed by atoms with van der Waals surface area (Å²) in [6.07, 6.45) is 1.04. The Morgan fingerprint density at radius 1 is 1.25 bits per heavy atom. The number of hydrogen-bond donors (Lipinski definition) is 1. The maximum absolute atomic E-state index is 12.1. The standard InChI is InChI=1S/C15H21N3O2/c1-4-9-18-14(19)10-13(15(18)20)16-11-5-7-12(8-6-11)17(2)3/h5-8,13,16H,4,9-10H2,1-3H3/t13-/m0/s1. The second-order valence-electron chi connectivity index (χ2n) is 5.23. The molecule has 1 atom stereocenters. The van der Waals surface area contributed by atoms with Crippen molar-refractivity contribution in [3.8, 4) is 0 Å². The first kappa shape index (κ1) is 14.4. The lowest BCUT2D eigenvalue weighted by Crippen LogP contribution is -2.35. The molecule has 5 nitrogen and oxygen atoms in total. The van der Waals surface area contributed by atoms with E-state index in [4.69, 9.17) is 0 Å². The van der Waals surface area contributed by atoms with Crippen molar-refractivity contribution in [1.82, 2.24) is 4.90 Å². The van der Waals surface area contributed by atoms with Crippen molar-refractivity contribution in [2.45, 2.75) is 25.8 Å². The van der Waals surface area contributed by atoms with Gasteiger partial charge in [0.05, 0.1) is 6.42 Å². The van der Waals surface area contributed by atoms with Crippen molar-refractivity contribution in [3.05, 3.63) is 24.3 Å². The number of imide groups is 1. The van der Waals surface area contributed by atoms with Crippen LogP contribution in [0.2, 0.25) is 0 Å². The maximum atomic E-state index is 12.1. The van der Waals surface area contributed by atoms with Gasteiger partial charge < -0.3 is 10.2 Å². The molecule has 1 aliphatic rings. The predicted octanol–water partition coefficient (Wildman–Crippen LogP) is 1.70. The van der Waals surface area contributed by atoms with Crippen LogP contribution in [0.25, 0.3) is 0 Å². The van der Waals surface area contributed by atoms with Crippen molar-refractivity contribution in [3.63, 3.8) is 0 Å². The van der Waals surface area contributed by atoms with Crippen molar-refractivity contribution in [2.75, 3.05) is 30.9 Å². The summed E-state index contributed by atoms with van der Waals surface area (Å²) >= 11 is 0. The first-order valence-electron chi connectivity index (χ1n) is 6.91. The van der Waals surface area contributed by atoms with Crippen LogP contribution >= 0.6 is 0 Å². The number of likely N-dealkylation sites (tertiary alicyclic amines) is 1. The average Bonchev–Trinajstić information content (AvgIpc) is 2.67. The van der Waals surface area contributed by atoms with Gasteiger partial charge in [0, 0.05) is 32.0 Å². The molecule has 2 amide bonds. The fraction of sp³-hybridized carbons (Fsp3) is 0.467. The highest BCUT2D eigenvalue weighted by Gasteiger charge is 2.37. The molecule has 0 bridgehead atoms. The predicted molar refractivity (Wildman–Crippen MR) is 79.8 cm³/mol. The molecule has 0 spiro atoms. The van der Waals surface area contributed by atoms with Crippen LogP contribution in [0.15, 0.2) is 24.3 Å². The lowest BCUT2D eigenvalue weighted by atomic mass is 10.2. The van der Waals surface area contributed by atoms with Gasteiger partial charge in [-0.2, -0.15) is 0 Å². The minimum atomic E-state index is -0.431. The van der Waals surface area contributed by atoms with E-state index in [1.165, 1.54) is 4.90 Å². The van der Waals surface area contributed by atoms with E-state index in [2.05, 4.69) is 5.32 Å². The molecule has 2 rings (SSSR count). The van der Waals surface area contributed by atoms with E-state index in [0.717, 1.165) is 17.8 Å². The summed E-state index contributed by atoms with van der Waals surface area (Å²) in [5.74, 6) is -0.201. The van der Waals surface area contributed by atoms with Crippen LogP contribution in [-0.4, -0.2) is 43.4 Å². The van der Waals surface area contributed by atoms with Crippen molar-refractivity contribution >= 4 is 23.2 Å². The van der Waals surface area contributed by atoms with Crippen LogP contribution in [0, 0.1) is 0 Å². The minimum absolute atomic E-state index is 0.0840. The SMILES string of the molecule is CCCN1C(=O)C[C@H](Nc2ccc(N(C)C)cc2)C1=O. The third-order valence-electron chi connectivity index (χ3n) is 3.42. The molecule has 0 radical (unpaired) electrons. The summed E-state index contributed by atoms with van der Waals surface area (Å²) in [4.78, 5) is 27.3. The number of nitrogens with zero attached hydrogens (tertiary/aromatic N) is 2. The van der Waals surface area contributed by atoms with Gasteiger partial charge in [0.15, 0.2) is 0 Å². The van der Waals surface area contributed by atoms with Gasteiger partial charge in [-0.1, -0.05) is 6.92 Å². The van der Waals surface area contributed by atoms with E-state index in [1.54, 1.807) is 0 Å². The van der Waals surface area contributed by atoms with Gasteiger partial charge in [0.2, 0.25) is 5.91 Å². The smallest absolute Gasteiger partial charge is 0.252 e. The van der Waals surface area contributed by atoms with E-state index in [9.17, 15) is 9.59 Å². The van der Waals surface area contributed by atoms with Gasteiger partial charge in [-0.3, -0.25) is 14.5 Å². The Kier molecular flexibility index (Phi) is 4.27. The number of amides is 2. The fourth-order valence-corrected chi connectivity index (χ4v) is 2.31. The molecular weight excluding hydrogens is 254 g/mol. The van der Waals surface area contributed by atoms with E-state index in [0.29, 0.717) is 6.54 Å². The normalized spacial score (nSPS) is 18.6. The quantitative estimate of drug-likeness (QED) is 0.831. The maximum Gasteiger partial charge on any atom is 0.252 e. The molecule has 1 fully saturated rings. The highest BCUT2D eigenvalue weighted by atomic mass is 16.2.